The Hall–Kier alpha value is -2.66. The smallest absolute Gasteiger partial charge is 0.127 e. The van der Waals surface area contributed by atoms with Crippen LogP contribution in [0.3, 0.4) is 0 Å². The molecule has 2 heterocycles. The minimum atomic E-state index is -0.405. The van der Waals surface area contributed by atoms with Gasteiger partial charge in [-0.25, -0.2) is 8.78 Å². The first-order valence-electron chi connectivity index (χ1n) is 9.08. The molecule has 1 unspecified atom stereocenters. The molecule has 2 aromatic carbocycles. The summed E-state index contributed by atoms with van der Waals surface area (Å²) in [5.41, 5.74) is 5.25. The Morgan fingerprint density at radius 1 is 0.963 bits per heavy atom. The van der Waals surface area contributed by atoms with Crippen molar-refractivity contribution in [2.24, 2.45) is 0 Å². The lowest BCUT2D eigenvalue weighted by molar-refractivity contribution is 0.327. The summed E-state index contributed by atoms with van der Waals surface area (Å²) in [6, 6.07) is 13.7. The summed E-state index contributed by atoms with van der Waals surface area (Å²) in [6.07, 6.45) is 0.744. The molecule has 0 fully saturated rings. The third kappa shape index (κ3) is 3.60. The Kier molecular flexibility index (Phi) is 4.70. The topological polar surface area (TPSA) is 29.0 Å². The molecule has 0 radical (unpaired) electrons. The van der Waals surface area contributed by atoms with Crippen LogP contribution >= 0.6 is 0 Å². The fourth-order valence-electron chi connectivity index (χ4n) is 3.77. The van der Waals surface area contributed by atoms with E-state index in [4.69, 9.17) is 0 Å². The van der Waals surface area contributed by atoms with Gasteiger partial charge in [-0.1, -0.05) is 12.1 Å². The lowest BCUT2D eigenvalue weighted by Crippen LogP contribution is -2.17. The van der Waals surface area contributed by atoms with Gasteiger partial charge in [-0.15, -0.1) is 0 Å². The molecule has 1 aliphatic heterocycles. The van der Waals surface area contributed by atoms with Gasteiger partial charge in [0.05, 0.1) is 11.4 Å². The molecule has 0 aliphatic carbocycles. The molecule has 0 bridgehead atoms. The van der Waals surface area contributed by atoms with Crippen LogP contribution < -0.4 is 0 Å². The number of rotatable bonds is 2. The zero-order valence-electron chi connectivity index (χ0n) is 15.4. The molecule has 0 amide bonds. The molecule has 138 valence electrons. The van der Waals surface area contributed by atoms with Gasteiger partial charge in [0.25, 0.3) is 0 Å². The number of halogens is 2. The average molecular weight is 365 g/mol. The molecule has 3 aromatic rings. The number of nitrogens with zero attached hydrogens (tertiary/aromatic N) is 3. The predicted octanol–water partition coefficient (Wildman–Crippen LogP) is 4.70. The van der Waals surface area contributed by atoms with Gasteiger partial charge in [0.15, 0.2) is 0 Å². The van der Waals surface area contributed by atoms with Crippen LogP contribution in [0.25, 0.3) is 11.3 Å². The van der Waals surface area contributed by atoms with Gasteiger partial charge in [-0.3, -0.25) is 0 Å². The van der Waals surface area contributed by atoms with E-state index in [1.807, 2.05) is 38.2 Å². The fraction of sp³-hybridized carbons (Fsp3) is 0.273. The Labute approximate surface area is 157 Å². The summed E-state index contributed by atoms with van der Waals surface area (Å²) in [7, 11) is 2.05. The zero-order valence-corrected chi connectivity index (χ0v) is 15.4. The molecular weight excluding hydrogens is 344 g/mol. The second-order valence-electron chi connectivity index (χ2n) is 7.22. The minimum absolute atomic E-state index is 0.168. The number of hydrogen-bond acceptors (Lipinski definition) is 3. The normalized spacial score (nSPS) is 17.4. The molecule has 0 N–H and O–H groups in total. The van der Waals surface area contributed by atoms with E-state index in [0.717, 1.165) is 47.6 Å². The van der Waals surface area contributed by atoms with Crippen LogP contribution in [-0.2, 0) is 6.54 Å². The second-order valence-corrected chi connectivity index (χ2v) is 7.22. The lowest BCUT2D eigenvalue weighted by atomic mass is 9.85. The largest absolute Gasteiger partial charge is 0.302 e. The number of aryl methyl sites for hydroxylation is 1. The first kappa shape index (κ1) is 17.7. The van der Waals surface area contributed by atoms with E-state index in [1.54, 1.807) is 0 Å². The van der Waals surface area contributed by atoms with Crippen molar-refractivity contribution < 1.29 is 8.78 Å². The molecular formula is C22H21F2N3. The summed E-state index contributed by atoms with van der Waals surface area (Å²) < 4.78 is 28.2. The van der Waals surface area contributed by atoms with Crippen molar-refractivity contribution in [1.82, 2.24) is 15.1 Å². The van der Waals surface area contributed by atoms with E-state index >= 15 is 0 Å². The van der Waals surface area contributed by atoms with Gasteiger partial charge in [-0.2, -0.15) is 10.2 Å². The molecule has 0 saturated carbocycles. The van der Waals surface area contributed by atoms with Gasteiger partial charge in [-0.05, 0) is 80.0 Å². The van der Waals surface area contributed by atoms with Crippen molar-refractivity contribution in [2.75, 3.05) is 13.6 Å². The molecule has 3 nitrogen and oxygen atoms in total. The third-order valence-corrected chi connectivity index (χ3v) is 5.19. The highest BCUT2D eigenvalue weighted by atomic mass is 19.1. The van der Waals surface area contributed by atoms with Crippen LogP contribution in [-0.4, -0.2) is 28.7 Å². The maximum atomic E-state index is 14.5. The summed E-state index contributed by atoms with van der Waals surface area (Å²) in [4.78, 5) is 2.21. The fourth-order valence-corrected chi connectivity index (χ4v) is 3.77. The van der Waals surface area contributed by atoms with E-state index in [0.29, 0.717) is 5.56 Å². The highest BCUT2D eigenvalue weighted by Gasteiger charge is 2.25. The van der Waals surface area contributed by atoms with Gasteiger partial charge in [0.1, 0.15) is 11.6 Å². The highest BCUT2D eigenvalue weighted by molar-refractivity contribution is 5.61. The molecule has 27 heavy (non-hydrogen) atoms. The van der Waals surface area contributed by atoms with E-state index in [1.165, 1.54) is 18.2 Å². The van der Waals surface area contributed by atoms with Gasteiger partial charge < -0.3 is 4.90 Å². The molecule has 1 aliphatic rings. The summed E-state index contributed by atoms with van der Waals surface area (Å²) >= 11 is 0. The van der Waals surface area contributed by atoms with Crippen molar-refractivity contribution in [1.29, 1.82) is 0 Å². The molecule has 0 saturated heterocycles. The number of fused-ring (bicyclic) bond motifs is 1. The maximum absolute atomic E-state index is 14.5. The van der Waals surface area contributed by atoms with Crippen LogP contribution in [0.4, 0.5) is 8.78 Å². The maximum Gasteiger partial charge on any atom is 0.127 e. The average Bonchev–Trinajstić information content (AvgIpc) is 2.82. The number of hydrogen-bond donors (Lipinski definition) is 0. The summed E-state index contributed by atoms with van der Waals surface area (Å²) in [5, 5.41) is 8.40. The third-order valence-electron chi connectivity index (χ3n) is 5.19. The summed E-state index contributed by atoms with van der Waals surface area (Å²) in [5.74, 6) is -0.929. The van der Waals surface area contributed by atoms with E-state index < -0.39 is 5.82 Å². The summed E-state index contributed by atoms with van der Waals surface area (Å²) in [6.45, 7) is 3.48. The van der Waals surface area contributed by atoms with Crippen LogP contribution in [0.1, 0.15) is 34.7 Å². The molecule has 4 rings (SSSR count). The lowest BCUT2D eigenvalue weighted by Gasteiger charge is -2.19. The Bertz CT molecular complexity index is 970. The number of benzene rings is 2. The first-order valence-corrected chi connectivity index (χ1v) is 9.08. The van der Waals surface area contributed by atoms with Crippen molar-refractivity contribution in [3.05, 3.63) is 82.5 Å². The Morgan fingerprint density at radius 2 is 1.81 bits per heavy atom. The van der Waals surface area contributed by atoms with E-state index in [-0.39, 0.29) is 11.7 Å². The molecule has 5 heteroatoms. The molecule has 1 atom stereocenters. The quantitative estimate of drug-likeness (QED) is 0.659. The second kappa shape index (κ2) is 7.16. The minimum Gasteiger partial charge on any atom is -0.302 e. The van der Waals surface area contributed by atoms with Crippen molar-refractivity contribution in [2.45, 2.75) is 25.8 Å². The van der Waals surface area contributed by atoms with E-state index in [2.05, 4.69) is 21.2 Å². The van der Waals surface area contributed by atoms with Crippen molar-refractivity contribution >= 4 is 0 Å². The highest BCUT2D eigenvalue weighted by Crippen LogP contribution is 2.36. The molecule has 0 spiro atoms. The Morgan fingerprint density at radius 3 is 2.59 bits per heavy atom. The SMILES string of the molecule is Cc1ccc(-c2ccc3c(c2)CN(C)CCC3c2cc(F)ccc2F)nn1. The van der Waals surface area contributed by atoms with Crippen molar-refractivity contribution in [3.63, 3.8) is 0 Å². The Balaban J connectivity index is 1.80. The molecule has 1 aromatic heterocycles. The van der Waals surface area contributed by atoms with Crippen LogP contribution in [0, 0.1) is 18.6 Å². The van der Waals surface area contributed by atoms with Gasteiger partial charge in [0.2, 0.25) is 0 Å². The van der Waals surface area contributed by atoms with Crippen LogP contribution in [0.15, 0.2) is 48.5 Å². The zero-order chi connectivity index (χ0) is 19.0. The monoisotopic (exact) mass is 365 g/mol. The van der Waals surface area contributed by atoms with E-state index in [9.17, 15) is 8.78 Å². The standard InChI is InChI=1S/C22H21F2N3/c1-14-3-8-22(26-25-14)15-4-6-18-16(11-15)13-27(2)10-9-19(18)20-12-17(23)5-7-21(20)24/h3-8,11-12,19H,9-10,13H2,1-2H3. The van der Waals surface area contributed by atoms with Crippen molar-refractivity contribution in [3.8, 4) is 11.3 Å². The first-order chi connectivity index (χ1) is 13.0. The van der Waals surface area contributed by atoms with Crippen LogP contribution in [0.5, 0.6) is 0 Å². The predicted molar refractivity (Wildman–Crippen MR) is 101 cm³/mol. The van der Waals surface area contributed by atoms with Gasteiger partial charge >= 0.3 is 0 Å². The number of aromatic nitrogens is 2. The van der Waals surface area contributed by atoms with Crippen LogP contribution in [0.2, 0.25) is 0 Å². The van der Waals surface area contributed by atoms with Gasteiger partial charge in [0, 0.05) is 18.0 Å².